The normalized spacial score (nSPS) is 30.6. The molecule has 6 atom stereocenters. The van der Waals surface area contributed by atoms with Gasteiger partial charge in [-0.05, 0) is 18.3 Å². The zero-order valence-electron chi connectivity index (χ0n) is 14.8. The Morgan fingerprint density at radius 3 is 2.32 bits per heavy atom. The molecule has 0 saturated carbocycles. The molecule has 1 aliphatic heterocycles. The zero-order chi connectivity index (χ0) is 23.8. The number of aliphatic hydroxyl groups excluding tert-OH is 1. The second-order valence-corrected chi connectivity index (χ2v) is 11.2. The van der Waals surface area contributed by atoms with Gasteiger partial charge in [0.05, 0.1) is 6.61 Å². The largest absolute Gasteiger partial charge is 0.490 e. The first kappa shape index (κ1) is 27.0. The fraction of sp³-hybridized carbons (Fsp3) is 0.600. The molecule has 1 aromatic heterocycles. The van der Waals surface area contributed by atoms with Gasteiger partial charge in [-0.25, -0.2) is 18.1 Å². The quantitative estimate of drug-likeness (QED) is 0.165. The average molecular weight is 548 g/mol. The molecule has 0 amide bonds. The Morgan fingerprint density at radius 2 is 1.81 bits per heavy atom. The number of halogens is 1. The molecule has 31 heavy (non-hydrogen) atoms. The van der Waals surface area contributed by atoms with Crippen molar-refractivity contribution in [3.8, 4) is 0 Å². The molecule has 178 valence electrons. The molecule has 1 saturated heterocycles. The summed E-state index contributed by atoms with van der Waals surface area (Å²) in [7, 11) is -16.9. The highest BCUT2D eigenvalue weighted by Crippen LogP contribution is 2.66. The lowest BCUT2D eigenvalue weighted by molar-refractivity contribution is -0.120. The summed E-state index contributed by atoms with van der Waals surface area (Å²) in [5.41, 5.74) is -2.60. The van der Waals surface area contributed by atoms with Crippen LogP contribution in [0.1, 0.15) is 6.23 Å². The van der Waals surface area contributed by atoms with E-state index in [4.69, 9.17) is 43.9 Å². The van der Waals surface area contributed by atoms with Crippen molar-refractivity contribution in [3.05, 3.63) is 21.7 Å². The molecule has 0 aromatic carbocycles. The minimum absolute atomic E-state index is 0.120. The topological polar surface area (TPSA) is 230 Å². The Hall–Kier alpha value is -0.260. The molecule has 3 unspecified atom stereocenters. The van der Waals surface area contributed by atoms with Crippen molar-refractivity contribution in [1.82, 2.24) is 9.55 Å². The second kappa shape index (κ2) is 9.54. The van der Waals surface area contributed by atoms with Crippen LogP contribution in [-0.2, 0) is 31.6 Å². The van der Waals surface area contributed by atoms with Crippen LogP contribution in [0, 0.1) is 9.41 Å². The highest BCUT2D eigenvalue weighted by molar-refractivity contribution is 7.72. The van der Waals surface area contributed by atoms with E-state index in [0.29, 0.717) is 0 Å². The summed E-state index contributed by atoms with van der Waals surface area (Å²) in [6.45, 7) is -2.66. The Kier molecular flexibility index (Phi) is 8.31. The number of rotatable bonds is 9. The van der Waals surface area contributed by atoms with Crippen LogP contribution in [0.5, 0.6) is 0 Å². The fourth-order valence-electron chi connectivity index (χ4n) is 2.49. The monoisotopic (exact) mass is 548 g/mol. The minimum atomic E-state index is -5.76. The van der Waals surface area contributed by atoms with Crippen LogP contribution in [-0.4, -0.2) is 70.4 Å². The van der Waals surface area contributed by atoms with Crippen molar-refractivity contribution < 1.29 is 65.8 Å². The smallest absolute Gasteiger partial charge is 0.387 e. The lowest BCUT2D eigenvalue weighted by Crippen LogP contribution is -2.49. The van der Waals surface area contributed by atoms with Crippen LogP contribution < -0.4 is 0 Å². The van der Waals surface area contributed by atoms with Crippen LogP contribution in [0.3, 0.4) is 0 Å². The summed E-state index contributed by atoms with van der Waals surface area (Å²) in [6, 6.07) is 1.32. The third kappa shape index (κ3) is 6.86. The van der Waals surface area contributed by atoms with Crippen molar-refractivity contribution in [2.75, 3.05) is 13.3 Å². The third-order valence-corrected chi connectivity index (χ3v) is 8.09. The molecule has 1 fully saturated rings. The number of aromatic nitrogens is 2. The number of hydrogen-bond acceptors (Lipinski definition) is 11. The van der Waals surface area contributed by atoms with Gasteiger partial charge in [0.15, 0.2) is 16.6 Å². The first-order valence-corrected chi connectivity index (χ1v) is 13.1. The summed E-state index contributed by atoms with van der Waals surface area (Å²) in [4.78, 5) is 38.1. The van der Waals surface area contributed by atoms with Crippen molar-refractivity contribution in [2.24, 2.45) is 0 Å². The zero-order valence-corrected chi connectivity index (χ0v) is 19.1. The Labute approximate surface area is 182 Å². The van der Waals surface area contributed by atoms with E-state index in [1.54, 1.807) is 0 Å². The van der Waals surface area contributed by atoms with Gasteiger partial charge in [-0.1, -0.05) is 12.2 Å². The van der Waals surface area contributed by atoms with Gasteiger partial charge >= 0.3 is 23.5 Å². The van der Waals surface area contributed by atoms with Crippen LogP contribution in [0.25, 0.3) is 0 Å². The second-order valence-electron chi connectivity index (χ2n) is 6.00. The van der Waals surface area contributed by atoms with Gasteiger partial charge in [0.1, 0.15) is 23.5 Å². The number of nitrogens with one attached hydrogen (secondary N) is 1. The molecule has 15 nitrogen and oxygen atoms in total. The van der Waals surface area contributed by atoms with E-state index in [1.165, 1.54) is 12.3 Å². The Morgan fingerprint density at radius 1 is 1.19 bits per heavy atom. The summed E-state index contributed by atoms with van der Waals surface area (Å²) >= 11 is 9.87. The van der Waals surface area contributed by atoms with Gasteiger partial charge in [0.2, 0.25) is 0 Å². The number of ether oxygens (including phenoxy) is 1. The molecular formula is C10H16FN2O13P3S2. The van der Waals surface area contributed by atoms with Gasteiger partial charge in [-0.15, -0.1) is 0 Å². The molecule has 0 spiro atoms. The van der Waals surface area contributed by atoms with Crippen LogP contribution in [0.2, 0.25) is 0 Å². The number of hydrogen-bond donors (Lipinski definition) is 7. The van der Waals surface area contributed by atoms with Gasteiger partial charge in [0, 0.05) is 6.20 Å². The van der Waals surface area contributed by atoms with Crippen LogP contribution >= 0.6 is 47.9 Å². The molecule has 1 aliphatic rings. The summed E-state index contributed by atoms with van der Waals surface area (Å²) in [6.07, 6.45) is -4.17. The summed E-state index contributed by atoms with van der Waals surface area (Å²) in [5, 5.41) is 20.8. The van der Waals surface area contributed by atoms with Gasteiger partial charge in [-0.3, -0.25) is 9.09 Å². The molecule has 1 aromatic rings. The summed E-state index contributed by atoms with van der Waals surface area (Å²) < 4.78 is 65.1. The Bertz CT molecular complexity index is 1080. The van der Waals surface area contributed by atoms with Crippen molar-refractivity contribution in [3.63, 3.8) is 0 Å². The van der Waals surface area contributed by atoms with E-state index < -0.39 is 60.8 Å². The predicted octanol–water partition coefficient (Wildman–Crippen LogP) is 0.577. The third-order valence-electron chi connectivity index (χ3n) is 3.73. The number of H-pyrrole nitrogens is 1. The van der Waals surface area contributed by atoms with Gasteiger partial charge < -0.3 is 39.5 Å². The van der Waals surface area contributed by atoms with E-state index in [1.807, 2.05) is 0 Å². The SMILES string of the molecule is O=P(O)(O)OP(=O)(O)OP(=O)(O)OC[C@H]1O[C@@H](n2ccc(=S)[nH]c2=S)[C@@](O)(CF)C1O. The van der Waals surface area contributed by atoms with E-state index in [0.717, 1.165) is 4.57 Å². The number of nitrogens with zero attached hydrogens (tertiary/aromatic N) is 1. The highest BCUT2D eigenvalue weighted by atomic mass is 32.1. The molecule has 0 radical (unpaired) electrons. The maximum atomic E-state index is 13.6. The molecule has 0 aliphatic carbocycles. The van der Waals surface area contributed by atoms with Gasteiger partial charge in [0.25, 0.3) is 0 Å². The van der Waals surface area contributed by atoms with Crippen molar-refractivity contribution in [2.45, 2.75) is 24.0 Å². The number of phosphoric ester groups is 1. The summed E-state index contributed by atoms with van der Waals surface area (Å²) in [5.74, 6) is 0. The molecular weight excluding hydrogens is 532 g/mol. The number of aliphatic hydroxyl groups is 2. The first-order chi connectivity index (χ1) is 14.0. The molecule has 0 bridgehead atoms. The number of alkyl halides is 1. The molecule has 7 N–H and O–H groups in total. The standard InChI is InChI=1S/C10H16FN2O13P3S2/c11-4-10(15)7(14)5(24-8(10)13-2-1-6(30)12-9(13)31)3-23-28(19,20)26-29(21,22)25-27(16,17)18/h1-2,5,7-8,14-15H,3-4H2,(H,19,20)(H,21,22)(H,12,30,31)(H2,16,17,18)/t5-,7?,8-,10-/m1/s1. The molecule has 2 heterocycles. The fourth-order valence-corrected chi connectivity index (χ4v) is 6.01. The molecule has 21 heteroatoms. The highest BCUT2D eigenvalue weighted by Gasteiger charge is 2.57. The van der Waals surface area contributed by atoms with E-state index in [2.05, 4.69) is 18.1 Å². The van der Waals surface area contributed by atoms with Crippen LogP contribution in [0.15, 0.2) is 12.3 Å². The number of phosphoric acid groups is 3. The predicted molar refractivity (Wildman–Crippen MR) is 101 cm³/mol. The van der Waals surface area contributed by atoms with E-state index in [9.17, 15) is 33.2 Å². The Balaban J connectivity index is 2.18. The van der Waals surface area contributed by atoms with Crippen LogP contribution in [0.4, 0.5) is 4.39 Å². The van der Waals surface area contributed by atoms with Gasteiger partial charge in [-0.2, -0.15) is 8.62 Å². The first-order valence-electron chi connectivity index (χ1n) is 7.71. The van der Waals surface area contributed by atoms with E-state index in [-0.39, 0.29) is 9.41 Å². The minimum Gasteiger partial charge on any atom is -0.387 e. The maximum absolute atomic E-state index is 13.6. The van der Waals surface area contributed by atoms with E-state index >= 15 is 0 Å². The lowest BCUT2D eigenvalue weighted by atomic mass is 9.95. The van der Waals surface area contributed by atoms with Crippen molar-refractivity contribution >= 4 is 47.9 Å². The average Bonchev–Trinajstić information content (AvgIpc) is 2.82. The number of aromatic amines is 1. The lowest BCUT2D eigenvalue weighted by Gasteiger charge is -2.29. The molecule has 2 rings (SSSR count). The van der Waals surface area contributed by atoms with Crippen molar-refractivity contribution in [1.29, 1.82) is 0 Å². The maximum Gasteiger partial charge on any atom is 0.490 e.